The third kappa shape index (κ3) is 1.53. The van der Waals surface area contributed by atoms with Crippen LogP contribution in [0.2, 0.25) is 5.02 Å². The second-order valence-electron chi connectivity index (χ2n) is 2.17. The number of benzene rings is 1. The van der Waals surface area contributed by atoms with E-state index in [-0.39, 0.29) is 5.56 Å². The Morgan fingerprint density at radius 1 is 1.33 bits per heavy atom. The van der Waals surface area contributed by atoms with Crippen LogP contribution in [-0.4, -0.2) is 5.84 Å². The summed E-state index contributed by atoms with van der Waals surface area (Å²) in [4.78, 5) is 0. The van der Waals surface area contributed by atoms with Gasteiger partial charge in [0.1, 0.15) is 22.5 Å². The van der Waals surface area contributed by atoms with Crippen molar-refractivity contribution in [1.82, 2.24) is 0 Å². The Kier molecular flexibility index (Phi) is 2.28. The monoisotopic (exact) mass is 190 g/mol. The molecule has 0 aliphatic carbocycles. The Hall–Kier alpha value is -1.16. The number of rotatable bonds is 1. The van der Waals surface area contributed by atoms with Crippen LogP contribution in [-0.2, 0) is 0 Å². The number of nitrogens with two attached hydrogens (primary N) is 1. The van der Waals surface area contributed by atoms with Crippen LogP contribution < -0.4 is 5.73 Å². The summed E-state index contributed by atoms with van der Waals surface area (Å²) in [7, 11) is 0. The van der Waals surface area contributed by atoms with Gasteiger partial charge in [0, 0.05) is 5.56 Å². The van der Waals surface area contributed by atoms with E-state index in [4.69, 9.17) is 22.7 Å². The lowest BCUT2D eigenvalue weighted by atomic mass is 10.2. The first-order chi connectivity index (χ1) is 5.52. The van der Waals surface area contributed by atoms with Crippen molar-refractivity contribution < 1.29 is 8.78 Å². The summed E-state index contributed by atoms with van der Waals surface area (Å²) in [5.41, 5.74) is 4.99. The summed E-state index contributed by atoms with van der Waals surface area (Å²) in [6.07, 6.45) is 0. The van der Waals surface area contributed by atoms with Crippen molar-refractivity contribution >= 4 is 17.4 Å². The average Bonchev–Trinajstić information content (AvgIpc) is 1.99. The van der Waals surface area contributed by atoms with E-state index in [9.17, 15) is 8.78 Å². The highest BCUT2D eigenvalue weighted by atomic mass is 35.5. The van der Waals surface area contributed by atoms with Crippen LogP contribution in [0.25, 0.3) is 0 Å². The molecule has 1 aromatic rings. The first kappa shape index (κ1) is 8.93. The number of hydrogen-bond donors (Lipinski definition) is 2. The molecule has 64 valence electrons. The van der Waals surface area contributed by atoms with E-state index in [1.807, 2.05) is 0 Å². The molecule has 0 bridgehead atoms. The molecule has 0 saturated carbocycles. The molecule has 0 spiro atoms. The topological polar surface area (TPSA) is 49.9 Å². The van der Waals surface area contributed by atoms with Crippen LogP contribution in [0, 0.1) is 17.0 Å². The van der Waals surface area contributed by atoms with Gasteiger partial charge in [-0.1, -0.05) is 11.6 Å². The summed E-state index contributed by atoms with van der Waals surface area (Å²) < 4.78 is 25.4. The van der Waals surface area contributed by atoms with Crippen molar-refractivity contribution in [3.63, 3.8) is 0 Å². The van der Waals surface area contributed by atoms with Gasteiger partial charge >= 0.3 is 0 Å². The molecule has 0 radical (unpaired) electrons. The molecular formula is C7H5ClF2N2. The van der Waals surface area contributed by atoms with Gasteiger partial charge in [-0.25, -0.2) is 8.78 Å². The predicted octanol–water partition coefficient (Wildman–Crippen LogP) is 1.90. The lowest BCUT2D eigenvalue weighted by Gasteiger charge is -2.00. The van der Waals surface area contributed by atoms with Crippen LogP contribution in [0.4, 0.5) is 8.78 Å². The molecule has 0 aliphatic rings. The number of nitrogens with one attached hydrogen (secondary N) is 1. The van der Waals surface area contributed by atoms with Crippen LogP contribution in [0.3, 0.4) is 0 Å². The lowest BCUT2D eigenvalue weighted by molar-refractivity contribution is 0.583. The highest BCUT2D eigenvalue weighted by Gasteiger charge is 2.09. The van der Waals surface area contributed by atoms with Gasteiger partial charge in [-0.15, -0.1) is 0 Å². The van der Waals surface area contributed by atoms with E-state index in [0.29, 0.717) is 0 Å². The third-order valence-electron chi connectivity index (χ3n) is 1.29. The van der Waals surface area contributed by atoms with Gasteiger partial charge in [0.2, 0.25) is 0 Å². The van der Waals surface area contributed by atoms with Crippen LogP contribution in [0.15, 0.2) is 12.1 Å². The van der Waals surface area contributed by atoms with E-state index in [2.05, 4.69) is 0 Å². The van der Waals surface area contributed by atoms with Gasteiger partial charge in [-0.3, -0.25) is 5.41 Å². The van der Waals surface area contributed by atoms with E-state index in [1.165, 1.54) is 0 Å². The maximum Gasteiger partial charge on any atom is 0.145 e. The molecule has 12 heavy (non-hydrogen) atoms. The lowest BCUT2D eigenvalue weighted by Crippen LogP contribution is -2.11. The van der Waals surface area contributed by atoms with Gasteiger partial charge < -0.3 is 5.73 Å². The van der Waals surface area contributed by atoms with Gasteiger partial charge in [0.25, 0.3) is 0 Å². The molecule has 1 rings (SSSR count). The summed E-state index contributed by atoms with van der Waals surface area (Å²) >= 11 is 5.19. The standard InChI is InChI=1S/C7H5ClF2N2/c8-6-4(9)1-3(7(11)12)2-5(6)10/h1-2H,(H3,11,12). The van der Waals surface area contributed by atoms with Crippen LogP contribution in [0.1, 0.15) is 5.56 Å². The molecule has 0 aromatic heterocycles. The van der Waals surface area contributed by atoms with Crippen molar-refractivity contribution in [2.75, 3.05) is 0 Å². The normalized spacial score (nSPS) is 9.92. The quantitative estimate of drug-likeness (QED) is 0.397. The SMILES string of the molecule is N=C(N)c1cc(F)c(Cl)c(F)c1. The van der Waals surface area contributed by atoms with E-state index >= 15 is 0 Å². The molecule has 0 aliphatic heterocycles. The van der Waals surface area contributed by atoms with Crippen molar-refractivity contribution in [2.45, 2.75) is 0 Å². The average molecular weight is 191 g/mol. The smallest absolute Gasteiger partial charge is 0.145 e. The van der Waals surface area contributed by atoms with Gasteiger partial charge in [0.15, 0.2) is 0 Å². The molecule has 0 heterocycles. The number of halogens is 3. The third-order valence-corrected chi connectivity index (χ3v) is 1.66. The minimum Gasteiger partial charge on any atom is -0.384 e. The number of nitrogen functional groups attached to an aromatic ring is 1. The first-order valence-corrected chi connectivity index (χ1v) is 3.39. The van der Waals surface area contributed by atoms with Crippen molar-refractivity contribution in [2.24, 2.45) is 5.73 Å². The van der Waals surface area contributed by atoms with Gasteiger partial charge in [0.05, 0.1) is 0 Å². The van der Waals surface area contributed by atoms with E-state index < -0.39 is 22.5 Å². The Bertz CT molecular complexity index is 315. The summed E-state index contributed by atoms with van der Waals surface area (Å²) in [6, 6.07) is 1.82. The van der Waals surface area contributed by atoms with E-state index in [1.54, 1.807) is 0 Å². The minimum absolute atomic E-state index is 0.0191. The fourth-order valence-electron chi connectivity index (χ4n) is 0.711. The highest BCUT2D eigenvalue weighted by Crippen LogP contribution is 2.19. The molecule has 0 saturated heterocycles. The Morgan fingerprint density at radius 2 is 1.75 bits per heavy atom. The Labute approximate surface area is 72.5 Å². The zero-order valence-corrected chi connectivity index (χ0v) is 6.62. The van der Waals surface area contributed by atoms with Crippen LogP contribution >= 0.6 is 11.6 Å². The zero-order chi connectivity index (χ0) is 9.30. The molecule has 3 N–H and O–H groups in total. The number of hydrogen-bond acceptors (Lipinski definition) is 1. The second-order valence-corrected chi connectivity index (χ2v) is 2.55. The molecule has 1 aromatic carbocycles. The van der Waals surface area contributed by atoms with E-state index in [0.717, 1.165) is 12.1 Å². The van der Waals surface area contributed by atoms with Crippen molar-refractivity contribution in [1.29, 1.82) is 5.41 Å². The van der Waals surface area contributed by atoms with Gasteiger partial charge in [-0.2, -0.15) is 0 Å². The first-order valence-electron chi connectivity index (χ1n) is 3.01. The molecule has 2 nitrogen and oxygen atoms in total. The van der Waals surface area contributed by atoms with Crippen molar-refractivity contribution in [3.8, 4) is 0 Å². The number of amidine groups is 1. The molecule has 0 unspecified atom stereocenters. The molecular weight excluding hydrogens is 186 g/mol. The molecule has 0 atom stereocenters. The Morgan fingerprint density at radius 3 is 2.08 bits per heavy atom. The van der Waals surface area contributed by atoms with Gasteiger partial charge in [-0.05, 0) is 12.1 Å². The maximum absolute atomic E-state index is 12.7. The fourth-order valence-corrected chi connectivity index (χ4v) is 0.820. The van der Waals surface area contributed by atoms with Crippen LogP contribution in [0.5, 0.6) is 0 Å². The zero-order valence-electron chi connectivity index (χ0n) is 5.87. The summed E-state index contributed by atoms with van der Waals surface area (Å²) in [5, 5.41) is 6.32. The largest absolute Gasteiger partial charge is 0.384 e. The molecule has 5 heteroatoms. The predicted molar refractivity (Wildman–Crippen MR) is 42.4 cm³/mol. The fraction of sp³-hybridized carbons (Fsp3) is 0. The maximum atomic E-state index is 12.7. The molecule has 0 amide bonds. The minimum atomic E-state index is -0.915. The summed E-state index contributed by atoms with van der Waals surface area (Å²) in [6.45, 7) is 0. The Balaban J connectivity index is 3.31. The van der Waals surface area contributed by atoms with Crippen molar-refractivity contribution in [3.05, 3.63) is 34.4 Å². The summed E-state index contributed by atoms with van der Waals surface area (Å²) in [5.74, 6) is -2.23. The second kappa shape index (κ2) is 3.06. The molecule has 0 fully saturated rings. The highest BCUT2D eigenvalue weighted by molar-refractivity contribution is 6.31.